The number of hydrogen-bond acceptors (Lipinski definition) is 3. The van der Waals surface area contributed by atoms with Gasteiger partial charge in [0.25, 0.3) is 0 Å². The summed E-state index contributed by atoms with van der Waals surface area (Å²) in [6, 6.07) is 10.6. The lowest BCUT2D eigenvalue weighted by Crippen LogP contribution is -2.04. The van der Waals surface area contributed by atoms with Crippen molar-refractivity contribution in [3.8, 4) is 5.75 Å². The number of ether oxygens (including phenoxy) is 1. The first-order chi connectivity index (χ1) is 8.70. The molecule has 1 heterocycles. The lowest BCUT2D eigenvalue weighted by atomic mass is 10.0. The first-order valence-corrected chi connectivity index (χ1v) is 5.51. The molecular formula is C14H13NO3. The van der Waals surface area contributed by atoms with Gasteiger partial charge >= 0.3 is 5.97 Å². The van der Waals surface area contributed by atoms with Crippen molar-refractivity contribution in [2.75, 3.05) is 7.11 Å². The molecule has 1 aromatic heterocycles. The summed E-state index contributed by atoms with van der Waals surface area (Å²) in [7, 11) is 1.51. The predicted molar refractivity (Wildman–Crippen MR) is 67.0 cm³/mol. The minimum absolute atomic E-state index is 0.250. The van der Waals surface area contributed by atoms with Crippen LogP contribution in [0.4, 0.5) is 0 Å². The standard InChI is InChI=1S/C14H13NO3/c1-18-12-6-5-10(13(9-12)14(16)17)8-11-4-2-3-7-15-11/h2-7,9H,8H2,1H3,(H,16,17). The van der Waals surface area contributed by atoms with Crippen LogP contribution in [0.5, 0.6) is 5.75 Å². The van der Waals surface area contributed by atoms with E-state index in [1.165, 1.54) is 13.2 Å². The molecule has 0 amide bonds. The zero-order valence-electron chi connectivity index (χ0n) is 9.96. The summed E-state index contributed by atoms with van der Waals surface area (Å²) >= 11 is 0. The van der Waals surface area contributed by atoms with Gasteiger partial charge in [-0.3, -0.25) is 4.98 Å². The fourth-order valence-corrected chi connectivity index (χ4v) is 1.73. The fourth-order valence-electron chi connectivity index (χ4n) is 1.73. The van der Waals surface area contributed by atoms with E-state index in [0.717, 1.165) is 11.3 Å². The van der Waals surface area contributed by atoms with Gasteiger partial charge in [-0.05, 0) is 29.8 Å². The number of methoxy groups -OCH3 is 1. The third kappa shape index (κ3) is 2.66. The average molecular weight is 243 g/mol. The Bertz CT molecular complexity index is 552. The molecule has 18 heavy (non-hydrogen) atoms. The Morgan fingerprint density at radius 2 is 2.17 bits per heavy atom. The molecular weight excluding hydrogens is 230 g/mol. The summed E-state index contributed by atoms with van der Waals surface area (Å²) in [5.74, 6) is -0.419. The molecule has 0 saturated carbocycles. The smallest absolute Gasteiger partial charge is 0.336 e. The van der Waals surface area contributed by atoms with Gasteiger partial charge in [0.1, 0.15) is 5.75 Å². The molecule has 0 atom stereocenters. The lowest BCUT2D eigenvalue weighted by molar-refractivity contribution is 0.0695. The number of nitrogens with zero attached hydrogens (tertiary/aromatic N) is 1. The van der Waals surface area contributed by atoms with Crippen LogP contribution in [0.15, 0.2) is 42.6 Å². The first-order valence-electron chi connectivity index (χ1n) is 5.51. The quantitative estimate of drug-likeness (QED) is 0.895. The van der Waals surface area contributed by atoms with Crippen molar-refractivity contribution in [1.82, 2.24) is 4.98 Å². The van der Waals surface area contributed by atoms with Crippen molar-refractivity contribution in [3.05, 3.63) is 59.4 Å². The summed E-state index contributed by atoms with van der Waals surface area (Å²) in [5.41, 5.74) is 1.81. The summed E-state index contributed by atoms with van der Waals surface area (Å²) in [6.07, 6.45) is 2.19. The highest BCUT2D eigenvalue weighted by molar-refractivity contribution is 5.90. The molecule has 1 N–H and O–H groups in total. The van der Waals surface area contributed by atoms with Crippen LogP contribution in [0.1, 0.15) is 21.6 Å². The van der Waals surface area contributed by atoms with Crippen molar-refractivity contribution in [2.45, 2.75) is 6.42 Å². The molecule has 0 bridgehead atoms. The van der Waals surface area contributed by atoms with Crippen LogP contribution in [0.25, 0.3) is 0 Å². The van der Waals surface area contributed by atoms with Gasteiger partial charge in [0.2, 0.25) is 0 Å². The van der Waals surface area contributed by atoms with Gasteiger partial charge in [-0.25, -0.2) is 4.79 Å². The molecule has 0 radical (unpaired) electrons. The third-order valence-electron chi connectivity index (χ3n) is 2.65. The molecule has 0 aliphatic carbocycles. The summed E-state index contributed by atoms with van der Waals surface area (Å²) in [4.78, 5) is 15.4. The normalized spacial score (nSPS) is 10.1. The number of carboxylic acid groups (broad SMARTS) is 1. The summed E-state index contributed by atoms with van der Waals surface area (Å²) in [6.45, 7) is 0. The van der Waals surface area contributed by atoms with Gasteiger partial charge in [0, 0.05) is 18.3 Å². The molecule has 0 saturated heterocycles. The summed E-state index contributed by atoms with van der Waals surface area (Å²) in [5, 5.41) is 9.19. The molecule has 4 heteroatoms. The number of benzene rings is 1. The Labute approximate surface area is 105 Å². The van der Waals surface area contributed by atoms with Gasteiger partial charge < -0.3 is 9.84 Å². The second-order valence-corrected chi connectivity index (χ2v) is 3.83. The zero-order chi connectivity index (χ0) is 13.0. The Hall–Kier alpha value is -2.36. The van der Waals surface area contributed by atoms with Crippen molar-refractivity contribution in [2.24, 2.45) is 0 Å². The first kappa shape index (κ1) is 12.1. The van der Waals surface area contributed by atoms with Crippen LogP contribution >= 0.6 is 0 Å². The van der Waals surface area contributed by atoms with Gasteiger partial charge in [0.15, 0.2) is 0 Å². The van der Waals surface area contributed by atoms with E-state index in [1.54, 1.807) is 18.3 Å². The number of hydrogen-bond donors (Lipinski definition) is 1. The van der Waals surface area contributed by atoms with Crippen LogP contribution in [0.2, 0.25) is 0 Å². The molecule has 0 spiro atoms. The Morgan fingerprint density at radius 1 is 1.33 bits per heavy atom. The fraction of sp³-hybridized carbons (Fsp3) is 0.143. The van der Waals surface area contributed by atoms with Crippen molar-refractivity contribution in [1.29, 1.82) is 0 Å². The van der Waals surface area contributed by atoms with Crippen LogP contribution in [-0.2, 0) is 6.42 Å². The highest BCUT2D eigenvalue weighted by Gasteiger charge is 2.12. The van der Waals surface area contributed by atoms with E-state index in [0.29, 0.717) is 12.2 Å². The molecule has 92 valence electrons. The van der Waals surface area contributed by atoms with Gasteiger partial charge in [-0.2, -0.15) is 0 Å². The molecule has 2 aromatic rings. The molecule has 4 nitrogen and oxygen atoms in total. The van der Waals surface area contributed by atoms with Crippen LogP contribution in [0.3, 0.4) is 0 Å². The van der Waals surface area contributed by atoms with Crippen LogP contribution in [0, 0.1) is 0 Å². The molecule has 1 aromatic carbocycles. The monoisotopic (exact) mass is 243 g/mol. The maximum atomic E-state index is 11.2. The lowest BCUT2D eigenvalue weighted by Gasteiger charge is -2.08. The minimum Gasteiger partial charge on any atom is -0.497 e. The minimum atomic E-state index is -0.958. The van der Waals surface area contributed by atoms with E-state index in [2.05, 4.69) is 4.98 Å². The number of rotatable bonds is 4. The SMILES string of the molecule is COc1ccc(Cc2ccccn2)c(C(=O)O)c1. The van der Waals surface area contributed by atoms with Gasteiger partial charge in [-0.15, -0.1) is 0 Å². The van der Waals surface area contributed by atoms with Crippen molar-refractivity contribution >= 4 is 5.97 Å². The topological polar surface area (TPSA) is 59.4 Å². The Morgan fingerprint density at radius 3 is 2.78 bits per heavy atom. The largest absolute Gasteiger partial charge is 0.497 e. The number of carbonyl (C=O) groups is 1. The highest BCUT2D eigenvalue weighted by Crippen LogP contribution is 2.20. The molecule has 0 fully saturated rings. The second-order valence-electron chi connectivity index (χ2n) is 3.83. The number of aromatic nitrogens is 1. The highest BCUT2D eigenvalue weighted by atomic mass is 16.5. The van der Waals surface area contributed by atoms with E-state index in [9.17, 15) is 9.90 Å². The maximum absolute atomic E-state index is 11.2. The maximum Gasteiger partial charge on any atom is 0.336 e. The molecule has 0 unspecified atom stereocenters. The van der Waals surface area contributed by atoms with E-state index in [4.69, 9.17) is 4.74 Å². The summed E-state index contributed by atoms with van der Waals surface area (Å²) < 4.78 is 5.03. The van der Waals surface area contributed by atoms with Gasteiger partial charge in [0.05, 0.1) is 12.7 Å². The van der Waals surface area contributed by atoms with Crippen molar-refractivity contribution < 1.29 is 14.6 Å². The van der Waals surface area contributed by atoms with Gasteiger partial charge in [-0.1, -0.05) is 12.1 Å². The molecule has 0 aliphatic heterocycles. The average Bonchev–Trinajstić information content (AvgIpc) is 2.40. The second kappa shape index (κ2) is 5.31. The third-order valence-corrected chi connectivity index (χ3v) is 2.65. The van der Waals surface area contributed by atoms with E-state index in [1.807, 2.05) is 18.2 Å². The number of pyridine rings is 1. The van der Waals surface area contributed by atoms with Crippen LogP contribution in [-0.4, -0.2) is 23.2 Å². The van der Waals surface area contributed by atoms with Crippen molar-refractivity contribution in [3.63, 3.8) is 0 Å². The predicted octanol–water partition coefficient (Wildman–Crippen LogP) is 2.38. The van der Waals surface area contributed by atoms with Crippen LogP contribution < -0.4 is 4.74 Å². The number of carboxylic acids is 1. The zero-order valence-corrected chi connectivity index (χ0v) is 9.96. The molecule has 0 aliphatic rings. The molecule has 2 rings (SSSR count). The number of aromatic carboxylic acids is 1. The Kier molecular flexibility index (Phi) is 3.57. The van der Waals surface area contributed by atoms with E-state index < -0.39 is 5.97 Å². The van der Waals surface area contributed by atoms with E-state index >= 15 is 0 Å². The van der Waals surface area contributed by atoms with E-state index in [-0.39, 0.29) is 5.56 Å². The Balaban J connectivity index is 2.35.